The maximum atomic E-state index is 11.2. The van der Waals surface area contributed by atoms with Crippen molar-refractivity contribution in [2.45, 2.75) is 32.8 Å². The van der Waals surface area contributed by atoms with Gasteiger partial charge < -0.3 is 14.6 Å². The second-order valence-electron chi connectivity index (χ2n) is 7.45. The Kier molecular flexibility index (Phi) is 6.72. The number of aromatic amines is 1. The van der Waals surface area contributed by atoms with Crippen molar-refractivity contribution >= 4 is 40.1 Å². The van der Waals surface area contributed by atoms with Crippen LogP contribution in [0.15, 0.2) is 48.5 Å². The Hall–Kier alpha value is -3.29. The van der Waals surface area contributed by atoms with Crippen LogP contribution >= 0.6 is 23.2 Å². The second-order valence-corrected chi connectivity index (χ2v) is 8.29. The molecule has 7 nitrogen and oxygen atoms in total. The fourth-order valence-electron chi connectivity index (χ4n) is 3.36. The van der Waals surface area contributed by atoms with E-state index in [0.717, 1.165) is 23.1 Å². The van der Waals surface area contributed by atoms with E-state index >= 15 is 0 Å². The number of rotatable bonds is 8. The fourth-order valence-corrected chi connectivity index (χ4v) is 3.69. The Morgan fingerprint density at radius 3 is 2.61 bits per heavy atom. The van der Waals surface area contributed by atoms with Gasteiger partial charge in [-0.25, -0.2) is 9.78 Å². The Balaban J connectivity index is 1.73. The first-order chi connectivity index (χ1) is 15.9. The average molecular weight is 486 g/mol. The lowest BCUT2D eigenvalue weighted by Crippen LogP contribution is -2.22. The number of halogens is 2. The van der Waals surface area contributed by atoms with Crippen LogP contribution in [-0.4, -0.2) is 32.4 Å². The number of hydrogen-bond donors (Lipinski definition) is 2. The van der Waals surface area contributed by atoms with Gasteiger partial charge in [-0.2, -0.15) is 5.10 Å². The molecule has 4 rings (SSSR count). The van der Waals surface area contributed by atoms with Crippen molar-refractivity contribution < 1.29 is 19.4 Å². The monoisotopic (exact) mass is 485 g/mol. The van der Waals surface area contributed by atoms with Gasteiger partial charge in [-0.15, -0.1) is 0 Å². The first kappa shape index (κ1) is 22.9. The number of pyridine rings is 1. The first-order valence-corrected chi connectivity index (χ1v) is 11.1. The van der Waals surface area contributed by atoms with E-state index in [1.54, 1.807) is 42.5 Å². The van der Waals surface area contributed by atoms with E-state index in [1.165, 1.54) is 6.92 Å². The molecule has 2 N–H and O–H groups in total. The minimum absolute atomic E-state index is 0.273. The molecule has 2 heterocycles. The number of carboxylic acid groups (broad SMARTS) is 1. The van der Waals surface area contributed by atoms with Crippen LogP contribution < -0.4 is 9.47 Å². The Morgan fingerprint density at radius 1 is 1.15 bits per heavy atom. The van der Waals surface area contributed by atoms with Crippen LogP contribution in [0.4, 0.5) is 0 Å². The summed E-state index contributed by atoms with van der Waals surface area (Å²) in [5.41, 5.74) is 3.04. The number of H-pyrrole nitrogens is 1. The number of nitrogens with zero attached hydrogens (tertiary/aromatic N) is 2. The summed E-state index contributed by atoms with van der Waals surface area (Å²) in [5, 5.41) is 18.3. The van der Waals surface area contributed by atoms with E-state index in [1.807, 2.05) is 6.07 Å². The van der Waals surface area contributed by atoms with Crippen LogP contribution in [0.3, 0.4) is 0 Å². The molecule has 0 aliphatic carbocycles. The predicted octanol–water partition coefficient (Wildman–Crippen LogP) is 6.53. The molecule has 0 saturated heterocycles. The van der Waals surface area contributed by atoms with Crippen molar-refractivity contribution in [1.82, 2.24) is 15.2 Å². The van der Waals surface area contributed by atoms with E-state index in [4.69, 9.17) is 42.8 Å². The van der Waals surface area contributed by atoms with Gasteiger partial charge in [-0.05, 0) is 55.8 Å². The largest absolute Gasteiger partial charge is 0.479 e. The molecule has 33 heavy (non-hydrogen) atoms. The zero-order valence-electron chi connectivity index (χ0n) is 17.9. The van der Waals surface area contributed by atoms with Crippen molar-refractivity contribution in [3.05, 3.63) is 64.3 Å². The van der Waals surface area contributed by atoms with E-state index in [-0.39, 0.29) is 5.75 Å². The summed E-state index contributed by atoms with van der Waals surface area (Å²) in [4.78, 5) is 15.9. The predicted molar refractivity (Wildman–Crippen MR) is 128 cm³/mol. The lowest BCUT2D eigenvalue weighted by atomic mass is 10.0. The molecule has 0 bridgehead atoms. The van der Waals surface area contributed by atoms with Gasteiger partial charge in [-0.1, -0.05) is 36.5 Å². The van der Waals surface area contributed by atoms with Crippen LogP contribution in [0.2, 0.25) is 10.0 Å². The van der Waals surface area contributed by atoms with E-state index < -0.39 is 12.1 Å². The number of aromatic nitrogens is 3. The van der Waals surface area contributed by atoms with Gasteiger partial charge in [0.2, 0.25) is 5.88 Å². The van der Waals surface area contributed by atoms with Gasteiger partial charge >= 0.3 is 5.97 Å². The third-order valence-corrected chi connectivity index (χ3v) is 5.54. The third kappa shape index (κ3) is 5.05. The molecular weight excluding hydrogens is 465 g/mol. The number of aliphatic carboxylic acids is 1. The average Bonchev–Trinajstić information content (AvgIpc) is 3.18. The second kappa shape index (κ2) is 9.68. The normalized spacial score (nSPS) is 12.0. The maximum Gasteiger partial charge on any atom is 0.344 e. The minimum atomic E-state index is -1.08. The highest BCUT2D eigenvalue weighted by Crippen LogP contribution is 2.36. The van der Waals surface area contributed by atoms with Crippen molar-refractivity contribution in [3.63, 3.8) is 0 Å². The quantitative estimate of drug-likeness (QED) is 0.294. The molecule has 0 unspecified atom stereocenters. The van der Waals surface area contributed by atoms with E-state index in [9.17, 15) is 4.79 Å². The number of carbonyl (C=O) groups is 1. The number of carboxylic acids is 1. The van der Waals surface area contributed by atoms with Gasteiger partial charge in [0.15, 0.2) is 6.10 Å². The third-order valence-electron chi connectivity index (χ3n) is 4.99. The molecule has 170 valence electrons. The molecule has 9 heteroatoms. The number of ether oxygens (including phenoxy) is 2. The van der Waals surface area contributed by atoms with Crippen molar-refractivity contribution in [1.29, 1.82) is 0 Å². The zero-order valence-corrected chi connectivity index (χ0v) is 19.4. The van der Waals surface area contributed by atoms with Gasteiger partial charge in [0.25, 0.3) is 0 Å². The summed E-state index contributed by atoms with van der Waals surface area (Å²) >= 11 is 12.2. The number of nitrogens with one attached hydrogen (secondary N) is 1. The molecule has 2 aromatic carbocycles. The summed E-state index contributed by atoms with van der Waals surface area (Å²) in [7, 11) is 0. The van der Waals surface area contributed by atoms with Crippen molar-refractivity contribution in [2.75, 3.05) is 0 Å². The minimum Gasteiger partial charge on any atom is -0.479 e. The van der Waals surface area contributed by atoms with Crippen LogP contribution in [0.1, 0.15) is 26.0 Å². The van der Waals surface area contributed by atoms with Crippen LogP contribution in [0, 0.1) is 0 Å². The molecule has 0 spiro atoms. The first-order valence-electron chi connectivity index (χ1n) is 10.4. The number of benzene rings is 2. The number of hydrogen-bond acceptors (Lipinski definition) is 5. The maximum absolute atomic E-state index is 11.2. The number of fused-ring (bicyclic) bond motifs is 1. The Labute approximate surface area is 200 Å². The molecule has 0 radical (unpaired) electrons. The molecule has 0 fully saturated rings. The lowest BCUT2D eigenvalue weighted by Gasteiger charge is -2.13. The highest BCUT2D eigenvalue weighted by atomic mass is 35.5. The summed E-state index contributed by atoms with van der Waals surface area (Å²) in [5.74, 6) is 0.293. The molecule has 0 aliphatic rings. The smallest absolute Gasteiger partial charge is 0.344 e. The van der Waals surface area contributed by atoms with Crippen molar-refractivity contribution in [2.24, 2.45) is 0 Å². The topological polar surface area (TPSA) is 97.3 Å². The SMILES string of the molecule is CCCc1nc(Oc2ccc(Cl)cc2)ccc1-c1n[nH]c2cc(Cl)c(O[C@@H](C)C(=O)O)cc12. The highest BCUT2D eigenvalue weighted by molar-refractivity contribution is 6.33. The molecule has 4 aromatic rings. The van der Waals surface area contributed by atoms with E-state index in [0.29, 0.717) is 39.3 Å². The molecule has 0 aliphatic heterocycles. The Morgan fingerprint density at radius 2 is 1.91 bits per heavy atom. The van der Waals surface area contributed by atoms with Crippen molar-refractivity contribution in [3.8, 4) is 28.6 Å². The molecule has 2 aromatic heterocycles. The van der Waals surface area contributed by atoms with Crippen LogP contribution in [-0.2, 0) is 11.2 Å². The van der Waals surface area contributed by atoms with Gasteiger partial charge in [0.05, 0.1) is 16.2 Å². The standard InChI is InChI=1S/C24H21Cl2N3O4/c1-3-4-19-16(9-10-22(27-19)33-15-7-5-14(25)6-8-15)23-17-11-21(32-13(2)24(30)31)18(26)12-20(17)28-29-23/h5-13H,3-4H2,1-2H3,(H,28,29)(H,30,31)/t13-/m0/s1. The Bertz CT molecular complexity index is 1310. The summed E-state index contributed by atoms with van der Waals surface area (Å²) in [6, 6.07) is 14.1. The summed E-state index contributed by atoms with van der Waals surface area (Å²) in [6.45, 7) is 3.52. The van der Waals surface area contributed by atoms with Crippen LogP contribution in [0.25, 0.3) is 22.2 Å². The molecular formula is C24H21Cl2N3O4. The molecule has 0 saturated carbocycles. The highest BCUT2D eigenvalue weighted by Gasteiger charge is 2.19. The molecule has 1 atom stereocenters. The number of aryl methyl sites for hydroxylation is 1. The van der Waals surface area contributed by atoms with Gasteiger partial charge in [0.1, 0.15) is 17.2 Å². The summed E-state index contributed by atoms with van der Waals surface area (Å²) in [6.07, 6.45) is 0.550. The van der Waals surface area contributed by atoms with E-state index in [2.05, 4.69) is 17.1 Å². The fraction of sp³-hybridized carbons (Fsp3) is 0.208. The molecule has 0 amide bonds. The summed E-state index contributed by atoms with van der Waals surface area (Å²) < 4.78 is 11.4. The van der Waals surface area contributed by atoms with Gasteiger partial charge in [0, 0.05) is 22.0 Å². The van der Waals surface area contributed by atoms with Gasteiger partial charge in [-0.3, -0.25) is 5.10 Å². The van der Waals surface area contributed by atoms with Crippen LogP contribution in [0.5, 0.6) is 17.4 Å². The zero-order chi connectivity index (χ0) is 23.5. The lowest BCUT2D eigenvalue weighted by molar-refractivity contribution is -0.144.